The van der Waals surface area contributed by atoms with Crippen molar-refractivity contribution >= 4 is 5.91 Å². The van der Waals surface area contributed by atoms with Crippen LogP contribution in [0.15, 0.2) is 24.3 Å². The first-order valence-corrected chi connectivity index (χ1v) is 7.84. The fourth-order valence-corrected chi connectivity index (χ4v) is 2.40. The molecule has 0 saturated heterocycles. The van der Waals surface area contributed by atoms with Gasteiger partial charge in [-0.1, -0.05) is 26.0 Å². The molecule has 1 aromatic rings. The zero-order valence-electron chi connectivity index (χ0n) is 13.8. The van der Waals surface area contributed by atoms with Crippen molar-refractivity contribution in [3.63, 3.8) is 0 Å². The summed E-state index contributed by atoms with van der Waals surface area (Å²) in [6.07, 6.45) is -0.180. The Hall–Kier alpha value is -1.75. The van der Waals surface area contributed by atoms with Crippen molar-refractivity contribution in [3.8, 4) is 11.5 Å². The van der Waals surface area contributed by atoms with Gasteiger partial charge in [-0.05, 0) is 31.9 Å². The molecule has 2 atom stereocenters. The van der Waals surface area contributed by atoms with Gasteiger partial charge in [-0.25, -0.2) is 0 Å². The van der Waals surface area contributed by atoms with E-state index in [9.17, 15) is 4.79 Å². The fourth-order valence-electron chi connectivity index (χ4n) is 2.40. The summed E-state index contributed by atoms with van der Waals surface area (Å²) in [4.78, 5) is 14.3. The first kappa shape index (κ1) is 16.6. The standard InChI is InChI=1S/C17H26N2O3/c1-11(2)16(18)17(20)19(12(3)4)9-13-10-21-14-7-5-6-8-15(14)22-13/h5-8,11-13,16H,9-10,18H2,1-4H3/t13-,16+/m1/s1. The lowest BCUT2D eigenvalue weighted by Crippen LogP contribution is -2.53. The zero-order chi connectivity index (χ0) is 16.3. The highest BCUT2D eigenvalue weighted by Gasteiger charge is 2.30. The van der Waals surface area contributed by atoms with Crippen LogP contribution in [0.3, 0.4) is 0 Å². The van der Waals surface area contributed by atoms with E-state index < -0.39 is 6.04 Å². The van der Waals surface area contributed by atoms with Crippen molar-refractivity contribution in [2.24, 2.45) is 11.7 Å². The highest BCUT2D eigenvalue weighted by Crippen LogP contribution is 2.31. The van der Waals surface area contributed by atoms with Gasteiger partial charge in [0.2, 0.25) is 5.91 Å². The average Bonchev–Trinajstić information content (AvgIpc) is 2.50. The molecule has 1 aliphatic rings. The lowest BCUT2D eigenvalue weighted by atomic mass is 10.0. The minimum atomic E-state index is -0.487. The van der Waals surface area contributed by atoms with E-state index in [0.29, 0.717) is 13.2 Å². The summed E-state index contributed by atoms with van der Waals surface area (Å²) in [5, 5.41) is 0. The number of ether oxygens (including phenoxy) is 2. The summed E-state index contributed by atoms with van der Waals surface area (Å²) in [7, 11) is 0. The molecule has 0 aromatic heterocycles. The van der Waals surface area contributed by atoms with E-state index in [1.807, 2.05) is 52.0 Å². The van der Waals surface area contributed by atoms with E-state index in [0.717, 1.165) is 11.5 Å². The Morgan fingerprint density at radius 3 is 2.50 bits per heavy atom. The number of amides is 1. The van der Waals surface area contributed by atoms with E-state index in [-0.39, 0.29) is 24.0 Å². The van der Waals surface area contributed by atoms with Crippen molar-refractivity contribution in [2.45, 2.75) is 45.9 Å². The largest absolute Gasteiger partial charge is 0.486 e. The molecule has 122 valence electrons. The maximum Gasteiger partial charge on any atom is 0.240 e. The molecule has 0 fully saturated rings. The van der Waals surface area contributed by atoms with Gasteiger partial charge in [-0.3, -0.25) is 4.79 Å². The number of hydrogen-bond donors (Lipinski definition) is 1. The molecule has 2 N–H and O–H groups in total. The molecular weight excluding hydrogens is 280 g/mol. The third kappa shape index (κ3) is 3.71. The molecule has 5 heteroatoms. The van der Waals surface area contributed by atoms with Crippen LogP contribution in [-0.2, 0) is 4.79 Å². The summed E-state index contributed by atoms with van der Waals surface area (Å²) in [5.41, 5.74) is 6.02. The van der Waals surface area contributed by atoms with Gasteiger partial charge in [0.1, 0.15) is 6.61 Å². The monoisotopic (exact) mass is 306 g/mol. The Kier molecular flexibility index (Phi) is 5.29. The summed E-state index contributed by atoms with van der Waals surface area (Å²) in [6.45, 7) is 8.80. The van der Waals surface area contributed by atoms with Crippen LogP contribution in [0.1, 0.15) is 27.7 Å². The van der Waals surface area contributed by atoms with Crippen molar-refractivity contribution in [1.29, 1.82) is 0 Å². The van der Waals surface area contributed by atoms with Gasteiger partial charge in [0.25, 0.3) is 0 Å². The first-order chi connectivity index (χ1) is 10.4. The molecule has 22 heavy (non-hydrogen) atoms. The maximum atomic E-state index is 12.5. The third-order valence-electron chi connectivity index (χ3n) is 3.88. The van der Waals surface area contributed by atoms with Gasteiger partial charge in [-0.15, -0.1) is 0 Å². The predicted molar refractivity (Wildman–Crippen MR) is 86.0 cm³/mol. The third-order valence-corrected chi connectivity index (χ3v) is 3.88. The second-order valence-corrected chi connectivity index (χ2v) is 6.35. The highest BCUT2D eigenvalue weighted by atomic mass is 16.6. The lowest BCUT2D eigenvalue weighted by molar-refractivity contribution is -0.137. The summed E-state index contributed by atoms with van der Waals surface area (Å²) in [5.74, 6) is 1.55. The van der Waals surface area contributed by atoms with E-state index in [4.69, 9.17) is 15.2 Å². The SMILES string of the molecule is CC(C)[C@H](N)C(=O)N(C[C@@H]1COc2ccccc2O1)C(C)C. The van der Waals surface area contributed by atoms with Crippen LogP contribution in [-0.4, -0.2) is 42.1 Å². The number of benzene rings is 1. The molecule has 0 aliphatic carbocycles. The molecule has 2 rings (SSSR count). The number of nitrogens with zero attached hydrogens (tertiary/aromatic N) is 1. The molecule has 1 aliphatic heterocycles. The molecule has 0 bridgehead atoms. The Morgan fingerprint density at radius 1 is 1.27 bits per heavy atom. The minimum Gasteiger partial charge on any atom is -0.486 e. The van der Waals surface area contributed by atoms with Crippen LogP contribution in [0.5, 0.6) is 11.5 Å². The van der Waals surface area contributed by atoms with Gasteiger partial charge in [-0.2, -0.15) is 0 Å². The van der Waals surface area contributed by atoms with Crippen molar-refractivity contribution in [3.05, 3.63) is 24.3 Å². The maximum absolute atomic E-state index is 12.5. The number of para-hydroxylation sites is 2. The number of rotatable bonds is 5. The quantitative estimate of drug-likeness (QED) is 0.904. The molecule has 1 aromatic carbocycles. The van der Waals surface area contributed by atoms with Crippen LogP contribution >= 0.6 is 0 Å². The average molecular weight is 306 g/mol. The highest BCUT2D eigenvalue weighted by molar-refractivity contribution is 5.82. The zero-order valence-corrected chi connectivity index (χ0v) is 13.8. The van der Waals surface area contributed by atoms with Crippen LogP contribution in [0.2, 0.25) is 0 Å². The molecule has 1 amide bonds. The van der Waals surface area contributed by atoms with E-state index in [1.54, 1.807) is 4.90 Å². The van der Waals surface area contributed by atoms with Crippen LogP contribution < -0.4 is 15.2 Å². The second-order valence-electron chi connectivity index (χ2n) is 6.35. The number of carbonyl (C=O) groups is 1. The summed E-state index contributed by atoms with van der Waals surface area (Å²) >= 11 is 0. The fraction of sp³-hybridized carbons (Fsp3) is 0.588. The first-order valence-electron chi connectivity index (χ1n) is 7.84. The van der Waals surface area contributed by atoms with Crippen LogP contribution in [0.25, 0.3) is 0 Å². The van der Waals surface area contributed by atoms with Crippen LogP contribution in [0, 0.1) is 5.92 Å². The molecule has 5 nitrogen and oxygen atoms in total. The topological polar surface area (TPSA) is 64.8 Å². The Balaban J connectivity index is 2.05. The molecule has 0 radical (unpaired) electrons. The summed E-state index contributed by atoms with van der Waals surface area (Å²) < 4.78 is 11.7. The Labute approximate surface area is 132 Å². The van der Waals surface area contributed by atoms with E-state index in [2.05, 4.69) is 0 Å². The number of carbonyl (C=O) groups excluding carboxylic acids is 1. The smallest absolute Gasteiger partial charge is 0.240 e. The van der Waals surface area contributed by atoms with E-state index in [1.165, 1.54) is 0 Å². The lowest BCUT2D eigenvalue weighted by Gasteiger charge is -2.35. The summed E-state index contributed by atoms with van der Waals surface area (Å²) in [6, 6.07) is 7.16. The van der Waals surface area contributed by atoms with E-state index >= 15 is 0 Å². The second kappa shape index (κ2) is 7.01. The normalized spacial score (nSPS) is 18.4. The van der Waals surface area contributed by atoms with Crippen LogP contribution in [0.4, 0.5) is 0 Å². The minimum absolute atomic E-state index is 0.0348. The number of nitrogens with two attached hydrogens (primary N) is 1. The number of hydrogen-bond acceptors (Lipinski definition) is 4. The number of fused-ring (bicyclic) bond motifs is 1. The Bertz CT molecular complexity index is 516. The molecular formula is C17H26N2O3. The molecule has 0 saturated carbocycles. The van der Waals surface area contributed by atoms with Gasteiger partial charge in [0.15, 0.2) is 17.6 Å². The van der Waals surface area contributed by atoms with Crippen molar-refractivity contribution in [2.75, 3.05) is 13.2 Å². The van der Waals surface area contributed by atoms with Gasteiger partial charge in [0.05, 0.1) is 12.6 Å². The molecule has 0 unspecified atom stereocenters. The molecule has 0 spiro atoms. The van der Waals surface area contributed by atoms with Crippen molar-refractivity contribution in [1.82, 2.24) is 4.90 Å². The Morgan fingerprint density at radius 2 is 1.91 bits per heavy atom. The predicted octanol–water partition coefficient (Wildman–Crippen LogP) is 2.05. The van der Waals surface area contributed by atoms with Crippen molar-refractivity contribution < 1.29 is 14.3 Å². The van der Waals surface area contributed by atoms with Gasteiger partial charge >= 0.3 is 0 Å². The van der Waals surface area contributed by atoms with Gasteiger partial charge in [0, 0.05) is 6.04 Å². The molecule has 1 heterocycles. The van der Waals surface area contributed by atoms with Gasteiger partial charge < -0.3 is 20.1 Å².